The number of piperidine rings is 1. The van der Waals surface area contributed by atoms with Crippen LogP contribution >= 0.6 is 0 Å². The molecule has 0 bridgehead atoms. The largest absolute Gasteiger partial charge is 0.417 e. The van der Waals surface area contributed by atoms with E-state index in [0.29, 0.717) is 31.2 Å². The van der Waals surface area contributed by atoms with Gasteiger partial charge in [0, 0.05) is 50.8 Å². The molecule has 0 radical (unpaired) electrons. The van der Waals surface area contributed by atoms with Crippen LogP contribution in [0.5, 0.6) is 0 Å². The smallest absolute Gasteiger partial charge is 0.370 e. The highest BCUT2D eigenvalue weighted by Gasteiger charge is 2.43. The minimum atomic E-state index is -4.61. The summed E-state index contributed by atoms with van der Waals surface area (Å²) in [5.74, 6) is 0.0988. The van der Waals surface area contributed by atoms with Gasteiger partial charge in [0.05, 0.1) is 23.1 Å². The minimum absolute atomic E-state index is 0.0315. The van der Waals surface area contributed by atoms with E-state index in [4.69, 9.17) is 5.26 Å². The highest BCUT2D eigenvalue weighted by atomic mass is 19.4. The highest BCUT2D eigenvalue weighted by molar-refractivity contribution is 5.80. The maximum atomic E-state index is 13.5. The van der Waals surface area contributed by atoms with Crippen LogP contribution in [0.15, 0.2) is 36.5 Å². The van der Waals surface area contributed by atoms with Crippen molar-refractivity contribution in [3.63, 3.8) is 0 Å². The van der Waals surface area contributed by atoms with E-state index in [-0.39, 0.29) is 23.3 Å². The summed E-state index contributed by atoms with van der Waals surface area (Å²) in [6.45, 7) is 6.06. The Labute approximate surface area is 204 Å². The minimum Gasteiger partial charge on any atom is -0.370 e. The van der Waals surface area contributed by atoms with Crippen molar-refractivity contribution in [3.8, 4) is 6.07 Å². The van der Waals surface area contributed by atoms with Crippen molar-refractivity contribution in [1.29, 1.82) is 5.26 Å². The third kappa shape index (κ3) is 5.48. The van der Waals surface area contributed by atoms with Crippen LogP contribution in [-0.2, 0) is 24.6 Å². The zero-order valence-electron chi connectivity index (χ0n) is 20.2. The van der Waals surface area contributed by atoms with E-state index >= 15 is 0 Å². The van der Waals surface area contributed by atoms with E-state index in [1.807, 2.05) is 31.1 Å². The second-order valence-electron chi connectivity index (χ2n) is 9.63. The van der Waals surface area contributed by atoms with Crippen LogP contribution in [0.3, 0.4) is 0 Å². The second kappa shape index (κ2) is 10.3. The molecular formula is C26H32F3N5O. The number of hydrogen-bond donors (Lipinski definition) is 1. The zero-order chi connectivity index (χ0) is 25.2. The lowest BCUT2D eigenvalue weighted by Gasteiger charge is -2.36. The predicted octanol–water partition coefficient (Wildman–Crippen LogP) is 4.02. The molecule has 1 aromatic carbocycles. The molecule has 1 N–H and O–H groups in total. The highest BCUT2D eigenvalue weighted by Crippen LogP contribution is 2.40. The summed E-state index contributed by atoms with van der Waals surface area (Å²) in [4.78, 5) is 17.3. The van der Waals surface area contributed by atoms with Gasteiger partial charge in [-0.25, -0.2) is 0 Å². The van der Waals surface area contributed by atoms with E-state index in [0.717, 1.165) is 38.5 Å². The van der Waals surface area contributed by atoms with Gasteiger partial charge in [-0.15, -0.1) is 0 Å². The zero-order valence-corrected chi connectivity index (χ0v) is 20.2. The van der Waals surface area contributed by atoms with Crippen LogP contribution in [-0.4, -0.2) is 48.1 Å². The fraction of sp³-hybridized carbons (Fsp3) is 0.538. The number of carbonyl (C=O) groups is 1. The van der Waals surface area contributed by atoms with Crippen LogP contribution in [0.1, 0.15) is 36.6 Å². The maximum Gasteiger partial charge on any atom is 0.417 e. The summed E-state index contributed by atoms with van der Waals surface area (Å²) in [5, 5.41) is 12.0. The van der Waals surface area contributed by atoms with Crippen molar-refractivity contribution in [1.82, 2.24) is 14.8 Å². The maximum absolute atomic E-state index is 13.5. The number of halogens is 3. The Kier molecular flexibility index (Phi) is 7.41. The number of hydrogen-bond acceptors (Lipinski definition) is 4. The summed E-state index contributed by atoms with van der Waals surface area (Å²) < 4.78 is 42.7. The van der Waals surface area contributed by atoms with E-state index < -0.39 is 11.7 Å². The average molecular weight is 488 g/mol. The number of aromatic nitrogens is 1. The number of nitrogens with one attached hydrogen (secondary N) is 1. The Morgan fingerprint density at radius 3 is 2.54 bits per heavy atom. The topological polar surface area (TPSA) is 64.3 Å². The van der Waals surface area contributed by atoms with Crippen molar-refractivity contribution in [2.45, 2.75) is 32.5 Å². The molecular weight excluding hydrogens is 455 g/mol. The van der Waals surface area contributed by atoms with Gasteiger partial charge in [-0.2, -0.15) is 18.4 Å². The molecule has 2 unspecified atom stereocenters. The van der Waals surface area contributed by atoms with Gasteiger partial charge in [-0.05, 0) is 75.0 Å². The van der Waals surface area contributed by atoms with Gasteiger partial charge < -0.3 is 14.8 Å². The lowest BCUT2D eigenvalue weighted by atomic mass is 9.78. The first-order chi connectivity index (χ1) is 16.7. The molecule has 9 heteroatoms. The Bertz CT molecular complexity index is 1080. The first-order valence-corrected chi connectivity index (χ1v) is 12.2. The van der Waals surface area contributed by atoms with Crippen molar-refractivity contribution in [3.05, 3.63) is 53.3 Å². The standard InChI is InChI=1S/C26H32F3N5O/c1-3-31-25(35)23-17-34(20-7-6-19(14-30)24(13-20)26(27,28)29)16-22(23)18-8-11-33(12-9-18)15-21-5-4-10-32(21)2/h4-7,10,13,18,22-23H,3,8-9,11-12,15-17H2,1-2H3,(H,31,35). The third-order valence-corrected chi connectivity index (χ3v) is 7.52. The Morgan fingerprint density at radius 2 is 1.94 bits per heavy atom. The quantitative estimate of drug-likeness (QED) is 0.669. The number of nitrogens with zero attached hydrogens (tertiary/aromatic N) is 4. The molecule has 3 heterocycles. The SMILES string of the molecule is CCNC(=O)C1CN(c2ccc(C#N)c(C(F)(F)F)c2)CC1C1CCN(Cc2cccn2C)CC1. The summed E-state index contributed by atoms with van der Waals surface area (Å²) in [6, 6.07) is 9.65. The Balaban J connectivity index is 1.50. The number of rotatable bonds is 6. The summed E-state index contributed by atoms with van der Waals surface area (Å²) >= 11 is 0. The summed E-state index contributed by atoms with van der Waals surface area (Å²) in [5.41, 5.74) is 0.360. The number of anilines is 1. The van der Waals surface area contributed by atoms with Gasteiger partial charge in [0.15, 0.2) is 0 Å². The number of aryl methyl sites for hydroxylation is 1. The molecule has 2 fully saturated rings. The van der Waals surface area contributed by atoms with Crippen LogP contribution < -0.4 is 10.2 Å². The first kappa shape index (κ1) is 25.1. The molecule has 188 valence electrons. The average Bonchev–Trinajstić information content (AvgIpc) is 3.45. The molecule has 6 nitrogen and oxygen atoms in total. The van der Waals surface area contributed by atoms with Crippen LogP contribution in [0.4, 0.5) is 18.9 Å². The fourth-order valence-corrected chi connectivity index (χ4v) is 5.59. The van der Waals surface area contributed by atoms with Gasteiger partial charge >= 0.3 is 6.18 Å². The Hall–Kier alpha value is -2.99. The molecule has 2 atom stereocenters. The monoisotopic (exact) mass is 487 g/mol. The second-order valence-corrected chi connectivity index (χ2v) is 9.63. The molecule has 0 saturated carbocycles. The van der Waals surface area contributed by atoms with E-state index in [2.05, 4.69) is 20.9 Å². The number of likely N-dealkylation sites (tertiary alicyclic amines) is 1. The van der Waals surface area contributed by atoms with Gasteiger partial charge in [0.2, 0.25) is 5.91 Å². The molecule has 0 aliphatic carbocycles. The first-order valence-electron chi connectivity index (χ1n) is 12.2. The van der Waals surface area contributed by atoms with Crippen LogP contribution in [0, 0.1) is 29.1 Å². The number of nitriles is 1. The van der Waals surface area contributed by atoms with Crippen molar-refractivity contribution in [2.75, 3.05) is 37.6 Å². The normalized spacial score (nSPS) is 21.8. The Morgan fingerprint density at radius 1 is 1.20 bits per heavy atom. The molecule has 2 aliphatic heterocycles. The lowest BCUT2D eigenvalue weighted by molar-refractivity contribution is -0.137. The van der Waals surface area contributed by atoms with Crippen molar-refractivity contribution in [2.24, 2.45) is 24.8 Å². The van der Waals surface area contributed by atoms with Gasteiger partial charge in [0.1, 0.15) is 0 Å². The molecule has 1 aromatic heterocycles. The number of amides is 1. The van der Waals surface area contributed by atoms with Gasteiger partial charge in [0.25, 0.3) is 0 Å². The molecule has 1 amide bonds. The van der Waals surface area contributed by atoms with E-state index in [1.54, 1.807) is 12.1 Å². The van der Waals surface area contributed by atoms with E-state index in [1.165, 1.54) is 11.8 Å². The van der Waals surface area contributed by atoms with Crippen molar-refractivity contribution < 1.29 is 18.0 Å². The molecule has 35 heavy (non-hydrogen) atoms. The lowest BCUT2D eigenvalue weighted by Crippen LogP contribution is -2.41. The van der Waals surface area contributed by atoms with Gasteiger partial charge in [-0.3, -0.25) is 9.69 Å². The van der Waals surface area contributed by atoms with Crippen molar-refractivity contribution >= 4 is 11.6 Å². The van der Waals surface area contributed by atoms with E-state index in [9.17, 15) is 18.0 Å². The van der Waals surface area contributed by atoms with Crippen LogP contribution in [0.25, 0.3) is 0 Å². The number of alkyl halides is 3. The fourth-order valence-electron chi connectivity index (χ4n) is 5.59. The molecule has 2 saturated heterocycles. The molecule has 2 aromatic rings. The summed E-state index contributed by atoms with van der Waals surface area (Å²) in [6.07, 6.45) is -0.649. The molecule has 4 rings (SSSR count). The number of carbonyl (C=O) groups excluding carboxylic acids is 1. The molecule has 2 aliphatic rings. The van der Waals surface area contributed by atoms with Crippen LogP contribution in [0.2, 0.25) is 0 Å². The third-order valence-electron chi connectivity index (χ3n) is 7.52. The summed E-state index contributed by atoms with van der Waals surface area (Å²) in [7, 11) is 2.04. The van der Waals surface area contributed by atoms with Gasteiger partial charge in [-0.1, -0.05) is 0 Å². The predicted molar refractivity (Wildman–Crippen MR) is 127 cm³/mol. The molecule has 0 spiro atoms. The number of benzene rings is 1.